The van der Waals surface area contributed by atoms with Gasteiger partial charge >= 0.3 is 0 Å². The van der Waals surface area contributed by atoms with Gasteiger partial charge in [-0.15, -0.1) is 0 Å². The Morgan fingerprint density at radius 2 is 1.70 bits per heavy atom. The Hall–Kier alpha value is -2.26. The van der Waals surface area contributed by atoms with Gasteiger partial charge in [-0.3, -0.25) is 0 Å². The zero-order valence-electron chi connectivity index (χ0n) is 13.1. The van der Waals surface area contributed by atoms with Crippen molar-refractivity contribution >= 4 is 33.6 Å². The van der Waals surface area contributed by atoms with Crippen molar-refractivity contribution in [1.29, 1.82) is 0 Å². The number of aryl methyl sites for hydroxylation is 1. The monoisotopic (exact) mass is 318 g/mol. The molecule has 114 valence electrons. The Kier molecular flexibility index (Phi) is 3.80. The van der Waals surface area contributed by atoms with Gasteiger partial charge in [-0.2, -0.15) is 0 Å². The van der Waals surface area contributed by atoms with Crippen LogP contribution in [0.1, 0.15) is 12.5 Å². The second-order valence-electron chi connectivity index (χ2n) is 5.55. The van der Waals surface area contributed by atoms with Gasteiger partial charge < -0.3 is 4.57 Å². The molecule has 3 heteroatoms. The summed E-state index contributed by atoms with van der Waals surface area (Å²) < 4.78 is 2.30. The van der Waals surface area contributed by atoms with E-state index in [1.54, 1.807) is 0 Å². The van der Waals surface area contributed by atoms with Crippen LogP contribution in [0.3, 0.4) is 0 Å². The van der Waals surface area contributed by atoms with Crippen LogP contribution in [0.25, 0.3) is 21.8 Å². The first-order valence-electron chi connectivity index (χ1n) is 7.91. The summed E-state index contributed by atoms with van der Waals surface area (Å²) >= 11 is 1.82. The maximum atomic E-state index is 4.80. The number of hydrogen-bond acceptors (Lipinski definition) is 2. The molecule has 0 saturated carbocycles. The Balaban J connectivity index is 1.68. The molecule has 0 amide bonds. The highest BCUT2D eigenvalue weighted by atomic mass is 32.2. The van der Waals surface area contributed by atoms with Crippen molar-refractivity contribution in [3.8, 4) is 0 Å². The molecule has 0 unspecified atom stereocenters. The minimum Gasteiger partial charge on any atom is -0.319 e. The van der Waals surface area contributed by atoms with Crippen LogP contribution in [0, 0.1) is 0 Å². The smallest absolute Gasteiger partial charge is 0.169 e. The van der Waals surface area contributed by atoms with E-state index in [1.807, 2.05) is 11.8 Å². The summed E-state index contributed by atoms with van der Waals surface area (Å²) in [5, 5.41) is 3.73. The van der Waals surface area contributed by atoms with Crippen LogP contribution in [0.5, 0.6) is 0 Å². The number of thioether (sulfide) groups is 1. The molecule has 0 aliphatic rings. The number of aromatic nitrogens is 2. The predicted molar refractivity (Wildman–Crippen MR) is 98.9 cm³/mol. The number of fused-ring (bicyclic) bond motifs is 2. The number of imidazole rings is 1. The standard InChI is InChI=1S/C20H18N2S/c1-2-22-19-13-6-5-12-18(19)21-20(22)23-14-16-10-7-9-15-8-3-4-11-17(15)16/h3-13H,2,14H2,1H3. The van der Waals surface area contributed by atoms with Crippen molar-refractivity contribution in [2.75, 3.05) is 0 Å². The fourth-order valence-corrected chi connectivity index (χ4v) is 4.11. The summed E-state index contributed by atoms with van der Waals surface area (Å²) in [6.07, 6.45) is 0. The number of hydrogen-bond donors (Lipinski definition) is 0. The van der Waals surface area contributed by atoms with E-state index in [2.05, 4.69) is 78.2 Å². The highest BCUT2D eigenvalue weighted by Crippen LogP contribution is 2.29. The van der Waals surface area contributed by atoms with Crippen molar-refractivity contribution in [2.24, 2.45) is 0 Å². The summed E-state index contributed by atoms with van der Waals surface area (Å²) in [6, 6.07) is 23.5. The van der Waals surface area contributed by atoms with Gasteiger partial charge in [0.05, 0.1) is 11.0 Å². The molecule has 0 spiro atoms. The van der Waals surface area contributed by atoms with Gasteiger partial charge in [0.1, 0.15) is 0 Å². The van der Waals surface area contributed by atoms with E-state index in [-0.39, 0.29) is 0 Å². The third kappa shape index (κ3) is 2.62. The Morgan fingerprint density at radius 1 is 0.913 bits per heavy atom. The molecule has 0 N–H and O–H groups in total. The molecule has 0 fully saturated rings. The topological polar surface area (TPSA) is 17.8 Å². The van der Waals surface area contributed by atoms with Crippen molar-refractivity contribution < 1.29 is 0 Å². The molecule has 4 aromatic rings. The molecule has 3 aromatic carbocycles. The van der Waals surface area contributed by atoms with Crippen LogP contribution in [0.2, 0.25) is 0 Å². The highest BCUT2D eigenvalue weighted by molar-refractivity contribution is 7.98. The minimum atomic E-state index is 0.935. The maximum absolute atomic E-state index is 4.80. The second kappa shape index (κ2) is 6.09. The molecule has 0 atom stereocenters. The van der Waals surface area contributed by atoms with Gasteiger partial charge in [-0.1, -0.05) is 66.4 Å². The molecule has 0 aliphatic heterocycles. The first-order valence-corrected chi connectivity index (χ1v) is 8.90. The molecule has 23 heavy (non-hydrogen) atoms. The van der Waals surface area contributed by atoms with Crippen LogP contribution >= 0.6 is 11.8 Å². The molecule has 0 aliphatic carbocycles. The van der Waals surface area contributed by atoms with E-state index < -0.39 is 0 Å². The van der Waals surface area contributed by atoms with Crippen molar-refractivity contribution in [3.63, 3.8) is 0 Å². The third-order valence-electron chi connectivity index (χ3n) is 4.17. The fourth-order valence-electron chi connectivity index (χ4n) is 3.03. The Bertz CT molecular complexity index is 966. The van der Waals surface area contributed by atoms with E-state index in [1.165, 1.54) is 21.9 Å². The molecule has 0 radical (unpaired) electrons. The van der Waals surface area contributed by atoms with Gasteiger partial charge in [0, 0.05) is 12.3 Å². The highest BCUT2D eigenvalue weighted by Gasteiger charge is 2.10. The largest absolute Gasteiger partial charge is 0.319 e. The van der Waals surface area contributed by atoms with E-state index in [0.29, 0.717) is 0 Å². The quantitative estimate of drug-likeness (QED) is 0.462. The van der Waals surface area contributed by atoms with Crippen LogP contribution in [-0.4, -0.2) is 9.55 Å². The zero-order chi connectivity index (χ0) is 15.6. The second-order valence-corrected chi connectivity index (χ2v) is 6.50. The van der Waals surface area contributed by atoms with Gasteiger partial charge in [0.15, 0.2) is 5.16 Å². The van der Waals surface area contributed by atoms with Crippen molar-refractivity contribution in [2.45, 2.75) is 24.4 Å². The van der Waals surface area contributed by atoms with E-state index >= 15 is 0 Å². The molecular formula is C20H18N2S. The van der Waals surface area contributed by atoms with Crippen LogP contribution in [-0.2, 0) is 12.3 Å². The number of nitrogens with zero attached hydrogens (tertiary/aromatic N) is 2. The number of rotatable bonds is 4. The molecular weight excluding hydrogens is 300 g/mol. The van der Waals surface area contributed by atoms with Crippen LogP contribution in [0.15, 0.2) is 71.9 Å². The minimum absolute atomic E-state index is 0.935. The van der Waals surface area contributed by atoms with Crippen molar-refractivity contribution in [3.05, 3.63) is 72.3 Å². The summed E-state index contributed by atoms with van der Waals surface area (Å²) in [5.41, 5.74) is 3.66. The van der Waals surface area contributed by atoms with E-state index in [4.69, 9.17) is 4.98 Å². The van der Waals surface area contributed by atoms with Crippen LogP contribution < -0.4 is 0 Å². The fraction of sp³-hybridized carbons (Fsp3) is 0.150. The first-order chi connectivity index (χ1) is 11.4. The maximum Gasteiger partial charge on any atom is 0.169 e. The zero-order valence-corrected chi connectivity index (χ0v) is 13.9. The normalized spacial score (nSPS) is 11.3. The summed E-state index contributed by atoms with van der Waals surface area (Å²) in [5.74, 6) is 0.935. The van der Waals surface area contributed by atoms with Gasteiger partial charge in [0.25, 0.3) is 0 Å². The van der Waals surface area contributed by atoms with Gasteiger partial charge in [-0.05, 0) is 35.4 Å². The average Bonchev–Trinajstić information content (AvgIpc) is 2.97. The lowest BCUT2D eigenvalue weighted by atomic mass is 10.1. The molecule has 0 bridgehead atoms. The lowest BCUT2D eigenvalue weighted by Gasteiger charge is -2.08. The van der Waals surface area contributed by atoms with E-state index in [0.717, 1.165) is 23.0 Å². The Labute approximate surface area is 140 Å². The molecule has 1 aromatic heterocycles. The molecule has 0 saturated heterocycles. The Morgan fingerprint density at radius 3 is 2.61 bits per heavy atom. The van der Waals surface area contributed by atoms with Crippen LogP contribution in [0.4, 0.5) is 0 Å². The van der Waals surface area contributed by atoms with E-state index in [9.17, 15) is 0 Å². The van der Waals surface area contributed by atoms with Gasteiger partial charge in [-0.25, -0.2) is 4.98 Å². The lowest BCUT2D eigenvalue weighted by molar-refractivity contribution is 0.702. The summed E-state index contributed by atoms with van der Waals surface area (Å²) in [6.45, 7) is 3.12. The van der Waals surface area contributed by atoms with Crippen molar-refractivity contribution in [1.82, 2.24) is 9.55 Å². The lowest BCUT2D eigenvalue weighted by Crippen LogP contribution is -1.96. The third-order valence-corrected chi connectivity index (χ3v) is 5.20. The average molecular weight is 318 g/mol. The summed E-state index contributed by atoms with van der Waals surface area (Å²) in [4.78, 5) is 4.80. The summed E-state index contributed by atoms with van der Waals surface area (Å²) in [7, 11) is 0. The predicted octanol–water partition coefficient (Wildman–Crippen LogP) is 5.50. The SMILES string of the molecule is CCn1c(SCc2cccc3ccccc23)nc2ccccc21. The molecule has 2 nitrogen and oxygen atoms in total. The van der Waals surface area contributed by atoms with Gasteiger partial charge in [0.2, 0.25) is 0 Å². The molecule has 1 heterocycles. The first kappa shape index (κ1) is 14.3. The number of para-hydroxylation sites is 2. The molecule has 4 rings (SSSR count). The number of benzene rings is 3.